The lowest BCUT2D eigenvalue weighted by atomic mass is 10.2. The first-order valence-electron chi connectivity index (χ1n) is 5.13. The molecule has 0 aromatic heterocycles. The molecule has 0 saturated heterocycles. The van der Waals surface area contributed by atoms with E-state index < -0.39 is 24.1 Å². The molecule has 0 unspecified atom stereocenters. The normalized spacial score (nSPS) is 13.5. The van der Waals surface area contributed by atoms with Gasteiger partial charge in [0.1, 0.15) is 0 Å². The highest BCUT2D eigenvalue weighted by atomic mass is 32.2. The number of aliphatic hydroxyl groups is 1. The van der Waals surface area contributed by atoms with Gasteiger partial charge in [-0.25, -0.2) is 9.59 Å². The first-order valence-corrected chi connectivity index (χ1v) is 6.28. The maximum Gasteiger partial charge on any atom is 0.328 e. The number of rotatable bonds is 8. The summed E-state index contributed by atoms with van der Waals surface area (Å²) in [6.45, 7) is 5.29. The Kier molecular flexibility index (Phi) is 8.25. The number of carbonyl (C=O) groups excluding carboxylic acids is 1. The summed E-state index contributed by atoms with van der Waals surface area (Å²) in [7, 11) is 0. The van der Waals surface area contributed by atoms with Crippen LogP contribution in [-0.2, 0) is 4.79 Å². The number of carboxylic acids is 1. The van der Waals surface area contributed by atoms with Gasteiger partial charge >= 0.3 is 12.0 Å². The quantitative estimate of drug-likeness (QED) is 0.366. The third-order valence-electron chi connectivity index (χ3n) is 1.80. The Morgan fingerprint density at radius 2 is 2.18 bits per heavy atom. The van der Waals surface area contributed by atoms with Crippen molar-refractivity contribution in [1.82, 2.24) is 10.6 Å². The van der Waals surface area contributed by atoms with Crippen LogP contribution in [0.2, 0.25) is 0 Å². The molecule has 0 aliphatic rings. The minimum atomic E-state index is -1.30. The van der Waals surface area contributed by atoms with E-state index in [1.165, 1.54) is 6.92 Å². The Morgan fingerprint density at radius 3 is 2.65 bits per heavy atom. The maximum atomic E-state index is 11.3. The molecule has 0 spiro atoms. The number of carbonyl (C=O) groups is 2. The van der Waals surface area contributed by atoms with E-state index in [0.717, 1.165) is 5.75 Å². The third-order valence-corrected chi connectivity index (χ3v) is 2.77. The zero-order valence-corrected chi connectivity index (χ0v) is 10.5. The Labute approximate surface area is 104 Å². The molecule has 0 aromatic rings. The minimum absolute atomic E-state index is 0.427. The summed E-state index contributed by atoms with van der Waals surface area (Å²) in [6, 6.07) is -1.90. The van der Waals surface area contributed by atoms with Crippen LogP contribution in [0.3, 0.4) is 0 Å². The van der Waals surface area contributed by atoms with Crippen molar-refractivity contribution in [3.63, 3.8) is 0 Å². The summed E-state index contributed by atoms with van der Waals surface area (Å²) in [6.07, 6.45) is 0.618. The van der Waals surface area contributed by atoms with Crippen LogP contribution < -0.4 is 10.6 Å². The number of hydrogen-bond acceptors (Lipinski definition) is 4. The van der Waals surface area contributed by atoms with Crippen LogP contribution in [0.4, 0.5) is 4.79 Å². The first-order chi connectivity index (χ1) is 7.99. The van der Waals surface area contributed by atoms with Crippen LogP contribution in [0.5, 0.6) is 0 Å². The SMILES string of the molecule is C=CCSCCNC(=O)N[C@H](C(=O)O)[C@@H](C)O. The van der Waals surface area contributed by atoms with Crippen molar-refractivity contribution in [2.75, 3.05) is 18.1 Å². The van der Waals surface area contributed by atoms with E-state index in [0.29, 0.717) is 12.3 Å². The summed E-state index contributed by atoms with van der Waals surface area (Å²) in [5.74, 6) is 0.247. The Morgan fingerprint density at radius 1 is 1.53 bits per heavy atom. The van der Waals surface area contributed by atoms with E-state index in [2.05, 4.69) is 17.2 Å². The highest BCUT2D eigenvalue weighted by Gasteiger charge is 2.24. The first kappa shape index (κ1) is 15.8. The molecule has 2 amide bonds. The highest BCUT2D eigenvalue weighted by Crippen LogP contribution is 1.97. The molecule has 7 heteroatoms. The number of amides is 2. The van der Waals surface area contributed by atoms with E-state index in [1.54, 1.807) is 17.8 Å². The van der Waals surface area contributed by atoms with Gasteiger partial charge in [0.2, 0.25) is 0 Å². The predicted octanol–water partition coefficient (Wildman–Crippen LogP) is 0.0388. The molecule has 0 bridgehead atoms. The van der Waals surface area contributed by atoms with Gasteiger partial charge in [-0.15, -0.1) is 6.58 Å². The van der Waals surface area contributed by atoms with E-state index in [1.807, 2.05) is 0 Å². The number of thioether (sulfide) groups is 1. The number of aliphatic hydroxyl groups excluding tert-OH is 1. The standard InChI is InChI=1S/C10H18N2O4S/c1-3-5-17-6-4-11-10(16)12-8(7(2)13)9(14)15/h3,7-8,13H,1,4-6H2,2H3,(H,14,15)(H2,11,12,16)/t7-,8+/m1/s1. The van der Waals surface area contributed by atoms with Crippen molar-refractivity contribution in [2.45, 2.75) is 19.1 Å². The number of nitrogens with one attached hydrogen (secondary N) is 2. The molecule has 0 heterocycles. The molecule has 0 aliphatic heterocycles. The molecular formula is C10H18N2O4S. The Balaban J connectivity index is 3.83. The van der Waals surface area contributed by atoms with Crippen LogP contribution >= 0.6 is 11.8 Å². The lowest BCUT2D eigenvalue weighted by Gasteiger charge is -2.17. The molecule has 6 nitrogen and oxygen atoms in total. The second-order valence-corrected chi connectivity index (χ2v) is 4.47. The Hall–Kier alpha value is -1.21. The number of urea groups is 1. The second kappa shape index (κ2) is 8.89. The van der Waals surface area contributed by atoms with Crippen LogP contribution in [0.15, 0.2) is 12.7 Å². The summed E-state index contributed by atoms with van der Waals surface area (Å²) in [5.41, 5.74) is 0. The average Bonchev–Trinajstić information content (AvgIpc) is 2.24. The summed E-state index contributed by atoms with van der Waals surface area (Å²) in [4.78, 5) is 21.9. The van der Waals surface area contributed by atoms with Crippen LogP contribution in [-0.4, -0.2) is 52.4 Å². The lowest BCUT2D eigenvalue weighted by Crippen LogP contribution is -2.51. The van der Waals surface area contributed by atoms with Gasteiger partial charge in [0, 0.05) is 18.1 Å². The highest BCUT2D eigenvalue weighted by molar-refractivity contribution is 7.99. The summed E-state index contributed by atoms with van der Waals surface area (Å²) < 4.78 is 0. The maximum absolute atomic E-state index is 11.3. The zero-order chi connectivity index (χ0) is 13.3. The molecule has 2 atom stereocenters. The Bertz CT molecular complexity index is 271. The van der Waals surface area contributed by atoms with Gasteiger partial charge in [0.05, 0.1) is 6.10 Å². The van der Waals surface area contributed by atoms with E-state index in [4.69, 9.17) is 10.2 Å². The van der Waals surface area contributed by atoms with Crippen molar-refractivity contribution in [3.8, 4) is 0 Å². The van der Waals surface area contributed by atoms with Crippen molar-refractivity contribution in [1.29, 1.82) is 0 Å². The summed E-state index contributed by atoms with van der Waals surface area (Å²) >= 11 is 1.60. The van der Waals surface area contributed by atoms with Crippen molar-refractivity contribution in [2.24, 2.45) is 0 Å². The molecule has 0 rings (SSSR count). The van der Waals surface area contributed by atoms with E-state index in [-0.39, 0.29) is 0 Å². The van der Waals surface area contributed by atoms with Crippen LogP contribution in [0.25, 0.3) is 0 Å². The molecule has 0 saturated carbocycles. The van der Waals surface area contributed by atoms with E-state index >= 15 is 0 Å². The average molecular weight is 262 g/mol. The molecule has 17 heavy (non-hydrogen) atoms. The monoisotopic (exact) mass is 262 g/mol. The van der Waals surface area contributed by atoms with Crippen molar-refractivity contribution < 1.29 is 19.8 Å². The molecule has 98 valence electrons. The lowest BCUT2D eigenvalue weighted by molar-refractivity contribution is -0.141. The molecule has 0 fully saturated rings. The molecule has 0 radical (unpaired) electrons. The minimum Gasteiger partial charge on any atom is -0.480 e. The largest absolute Gasteiger partial charge is 0.480 e. The predicted molar refractivity (Wildman–Crippen MR) is 67.2 cm³/mol. The van der Waals surface area contributed by atoms with Crippen molar-refractivity contribution in [3.05, 3.63) is 12.7 Å². The van der Waals surface area contributed by atoms with Crippen LogP contribution in [0, 0.1) is 0 Å². The number of hydrogen-bond donors (Lipinski definition) is 4. The third kappa shape index (κ3) is 7.64. The molecule has 4 N–H and O–H groups in total. The molecule has 0 aromatic carbocycles. The van der Waals surface area contributed by atoms with Gasteiger partial charge < -0.3 is 20.8 Å². The number of aliphatic carboxylic acids is 1. The number of carboxylic acid groups (broad SMARTS) is 1. The molecular weight excluding hydrogens is 244 g/mol. The topological polar surface area (TPSA) is 98.7 Å². The van der Waals surface area contributed by atoms with Crippen molar-refractivity contribution >= 4 is 23.8 Å². The van der Waals surface area contributed by atoms with Gasteiger partial charge in [-0.2, -0.15) is 11.8 Å². The molecule has 0 aliphatic carbocycles. The second-order valence-electron chi connectivity index (χ2n) is 3.32. The van der Waals surface area contributed by atoms with Gasteiger partial charge in [-0.05, 0) is 6.92 Å². The van der Waals surface area contributed by atoms with Gasteiger partial charge in [-0.3, -0.25) is 0 Å². The van der Waals surface area contributed by atoms with E-state index in [9.17, 15) is 9.59 Å². The van der Waals surface area contributed by atoms with Gasteiger partial charge in [0.15, 0.2) is 6.04 Å². The smallest absolute Gasteiger partial charge is 0.328 e. The summed E-state index contributed by atoms with van der Waals surface area (Å²) in [5, 5.41) is 22.5. The van der Waals surface area contributed by atoms with Gasteiger partial charge in [-0.1, -0.05) is 6.08 Å². The fourth-order valence-electron chi connectivity index (χ4n) is 0.984. The fraction of sp³-hybridized carbons (Fsp3) is 0.600. The zero-order valence-electron chi connectivity index (χ0n) is 9.68. The van der Waals surface area contributed by atoms with Crippen LogP contribution in [0.1, 0.15) is 6.92 Å². The van der Waals surface area contributed by atoms with Gasteiger partial charge in [0.25, 0.3) is 0 Å². The fourth-order valence-corrected chi connectivity index (χ4v) is 1.56.